The molecule has 2 aromatic rings. The van der Waals surface area contributed by atoms with Crippen LogP contribution in [0, 0.1) is 12.7 Å². The lowest BCUT2D eigenvalue weighted by molar-refractivity contribution is 0.1000. The SMILES string of the molecule is CCCn1cncc1CNc1cc(C(N)=O)cc(F)c1C. The van der Waals surface area contributed by atoms with Crippen molar-refractivity contribution in [1.29, 1.82) is 0 Å². The molecule has 0 atom stereocenters. The summed E-state index contributed by atoms with van der Waals surface area (Å²) in [5, 5.41) is 3.14. The number of nitrogens with two attached hydrogens (primary N) is 1. The predicted octanol–water partition coefficient (Wildman–Crippen LogP) is 2.45. The van der Waals surface area contributed by atoms with Gasteiger partial charge in [0.05, 0.1) is 18.6 Å². The Labute approximate surface area is 123 Å². The van der Waals surface area contributed by atoms with Gasteiger partial charge in [0.25, 0.3) is 0 Å². The number of rotatable bonds is 6. The van der Waals surface area contributed by atoms with Crippen LogP contribution in [0.1, 0.15) is 35.0 Å². The largest absolute Gasteiger partial charge is 0.379 e. The highest BCUT2D eigenvalue weighted by atomic mass is 19.1. The van der Waals surface area contributed by atoms with E-state index in [4.69, 9.17) is 5.73 Å². The first-order valence-electron chi connectivity index (χ1n) is 6.85. The summed E-state index contributed by atoms with van der Waals surface area (Å²) >= 11 is 0. The number of carbonyl (C=O) groups is 1. The number of amides is 1. The number of anilines is 1. The number of nitrogens with one attached hydrogen (secondary N) is 1. The first-order chi connectivity index (χ1) is 10.0. The average Bonchev–Trinajstić information content (AvgIpc) is 2.88. The van der Waals surface area contributed by atoms with Gasteiger partial charge >= 0.3 is 0 Å². The van der Waals surface area contributed by atoms with Crippen molar-refractivity contribution < 1.29 is 9.18 Å². The van der Waals surface area contributed by atoms with Gasteiger partial charge in [-0.05, 0) is 25.5 Å². The van der Waals surface area contributed by atoms with Crippen LogP contribution in [0.25, 0.3) is 0 Å². The molecule has 0 fully saturated rings. The Hall–Kier alpha value is -2.37. The highest BCUT2D eigenvalue weighted by Crippen LogP contribution is 2.21. The maximum absolute atomic E-state index is 13.8. The minimum absolute atomic E-state index is 0.155. The van der Waals surface area contributed by atoms with Gasteiger partial charge in [-0.2, -0.15) is 0 Å². The van der Waals surface area contributed by atoms with Gasteiger partial charge in [-0.3, -0.25) is 4.79 Å². The maximum atomic E-state index is 13.8. The summed E-state index contributed by atoms with van der Waals surface area (Å²) in [5.74, 6) is -1.09. The molecule has 0 aliphatic heterocycles. The fraction of sp³-hybridized carbons (Fsp3) is 0.333. The van der Waals surface area contributed by atoms with Crippen molar-refractivity contribution >= 4 is 11.6 Å². The number of imidazole rings is 1. The molecule has 1 heterocycles. The fourth-order valence-corrected chi connectivity index (χ4v) is 2.13. The van der Waals surface area contributed by atoms with Crippen LogP contribution >= 0.6 is 0 Å². The number of hydrogen-bond donors (Lipinski definition) is 2. The van der Waals surface area contributed by atoms with Crippen molar-refractivity contribution in [3.8, 4) is 0 Å². The lowest BCUT2D eigenvalue weighted by Crippen LogP contribution is -2.13. The summed E-state index contributed by atoms with van der Waals surface area (Å²) in [6, 6.07) is 2.73. The number of carbonyl (C=O) groups excluding carboxylic acids is 1. The average molecular weight is 290 g/mol. The summed E-state index contributed by atoms with van der Waals surface area (Å²) in [4.78, 5) is 15.3. The van der Waals surface area contributed by atoms with Crippen LogP contribution in [0.5, 0.6) is 0 Å². The molecule has 5 nitrogen and oxygen atoms in total. The Morgan fingerprint density at radius 1 is 1.48 bits per heavy atom. The van der Waals surface area contributed by atoms with Crippen LogP contribution < -0.4 is 11.1 Å². The molecule has 1 amide bonds. The predicted molar refractivity (Wildman–Crippen MR) is 79.5 cm³/mol. The highest BCUT2D eigenvalue weighted by Gasteiger charge is 2.11. The molecule has 0 aliphatic rings. The number of aromatic nitrogens is 2. The third kappa shape index (κ3) is 3.39. The van der Waals surface area contributed by atoms with Crippen LogP contribution in [-0.2, 0) is 13.1 Å². The second-order valence-electron chi connectivity index (χ2n) is 4.93. The molecule has 21 heavy (non-hydrogen) atoms. The van der Waals surface area contributed by atoms with Crippen molar-refractivity contribution in [2.45, 2.75) is 33.4 Å². The third-order valence-electron chi connectivity index (χ3n) is 3.35. The van der Waals surface area contributed by atoms with E-state index in [2.05, 4.69) is 17.2 Å². The smallest absolute Gasteiger partial charge is 0.248 e. The van der Waals surface area contributed by atoms with Gasteiger partial charge in [-0.25, -0.2) is 9.37 Å². The molecule has 0 spiro atoms. The number of primary amides is 1. The Balaban J connectivity index is 2.19. The molecule has 1 aromatic carbocycles. The Morgan fingerprint density at radius 2 is 2.24 bits per heavy atom. The molecule has 2 rings (SSSR count). The van der Waals surface area contributed by atoms with E-state index >= 15 is 0 Å². The number of halogens is 1. The summed E-state index contributed by atoms with van der Waals surface area (Å²) < 4.78 is 15.8. The van der Waals surface area contributed by atoms with Gasteiger partial charge in [0.1, 0.15) is 5.82 Å². The minimum Gasteiger partial charge on any atom is -0.379 e. The van der Waals surface area contributed by atoms with E-state index < -0.39 is 11.7 Å². The van der Waals surface area contributed by atoms with Crippen LogP contribution in [0.15, 0.2) is 24.7 Å². The molecule has 0 saturated heterocycles. The Kier molecular flexibility index (Phi) is 4.57. The maximum Gasteiger partial charge on any atom is 0.248 e. The van der Waals surface area contributed by atoms with E-state index in [1.165, 1.54) is 0 Å². The minimum atomic E-state index is -0.645. The Bertz CT molecular complexity index is 651. The number of nitrogens with zero attached hydrogens (tertiary/aromatic N) is 2. The van der Waals surface area contributed by atoms with Gasteiger partial charge in [0.15, 0.2) is 0 Å². The molecular formula is C15H19FN4O. The van der Waals surface area contributed by atoms with Gasteiger partial charge in [-0.15, -0.1) is 0 Å². The van der Waals surface area contributed by atoms with Gasteiger partial charge in [-0.1, -0.05) is 6.92 Å². The fourth-order valence-electron chi connectivity index (χ4n) is 2.13. The summed E-state index contributed by atoms with van der Waals surface area (Å²) in [7, 11) is 0. The van der Waals surface area contributed by atoms with Gasteiger partial charge in [0, 0.05) is 29.6 Å². The van der Waals surface area contributed by atoms with Crippen molar-refractivity contribution in [3.05, 3.63) is 47.3 Å². The third-order valence-corrected chi connectivity index (χ3v) is 3.35. The molecule has 6 heteroatoms. The lowest BCUT2D eigenvalue weighted by Gasteiger charge is -2.13. The molecule has 3 N–H and O–H groups in total. The van der Waals surface area contributed by atoms with E-state index in [0.717, 1.165) is 24.7 Å². The normalized spacial score (nSPS) is 10.6. The topological polar surface area (TPSA) is 72.9 Å². The quantitative estimate of drug-likeness (QED) is 0.858. The van der Waals surface area contributed by atoms with Crippen molar-refractivity contribution in [3.63, 3.8) is 0 Å². The van der Waals surface area contributed by atoms with Gasteiger partial charge in [0.2, 0.25) is 5.91 Å². The van der Waals surface area contributed by atoms with Gasteiger partial charge < -0.3 is 15.6 Å². The van der Waals surface area contributed by atoms with E-state index in [0.29, 0.717) is 17.8 Å². The standard InChI is InChI=1S/C15H19FN4O/c1-3-4-20-9-18-7-12(20)8-19-14-6-11(15(17)21)5-13(16)10(14)2/h5-7,9,19H,3-4,8H2,1-2H3,(H2,17,21). The number of aryl methyl sites for hydroxylation is 1. The van der Waals surface area contributed by atoms with Crippen LogP contribution in [0.2, 0.25) is 0 Å². The van der Waals surface area contributed by atoms with Crippen molar-refractivity contribution in [1.82, 2.24) is 9.55 Å². The molecular weight excluding hydrogens is 271 g/mol. The summed E-state index contributed by atoms with van der Waals surface area (Å²) in [6.07, 6.45) is 4.55. The van der Waals surface area contributed by atoms with E-state index in [1.54, 1.807) is 25.5 Å². The van der Waals surface area contributed by atoms with Crippen LogP contribution in [0.3, 0.4) is 0 Å². The molecule has 0 bridgehead atoms. The zero-order valence-electron chi connectivity index (χ0n) is 12.2. The first-order valence-corrected chi connectivity index (χ1v) is 6.85. The molecule has 112 valence electrons. The van der Waals surface area contributed by atoms with E-state index in [1.807, 2.05) is 4.57 Å². The molecule has 0 saturated carbocycles. The number of hydrogen-bond acceptors (Lipinski definition) is 3. The molecule has 0 aliphatic carbocycles. The Morgan fingerprint density at radius 3 is 2.90 bits per heavy atom. The van der Waals surface area contributed by atoms with E-state index in [9.17, 15) is 9.18 Å². The van der Waals surface area contributed by atoms with Crippen LogP contribution in [0.4, 0.5) is 10.1 Å². The lowest BCUT2D eigenvalue weighted by atomic mass is 10.1. The molecule has 1 aromatic heterocycles. The van der Waals surface area contributed by atoms with Crippen molar-refractivity contribution in [2.75, 3.05) is 5.32 Å². The monoisotopic (exact) mass is 290 g/mol. The number of benzene rings is 1. The summed E-state index contributed by atoms with van der Waals surface area (Å²) in [6.45, 7) is 5.13. The van der Waals surface area contributed by atoms with Crippen LogP contribution in [-0.4, -0.2) is 15.5 Å². The second-order valence-corrected chi connectivity index (χ2v) is 4.93. The first kappa shape index (κ1) is 15.0. The zero-order chi connectivity index (χ0) is 15.4. The zero-order valence-corrected chi connectivity index (χ0v) is 12.2. The molecule has 0 unspecified atom stereocenters. The molecule has 0 radical (unpaired) electrons. The highest BCUT2D eigenvalue weighted by molar-refractivity contribution is 5.94. The second kappa shape index (κ2) is 6.39. The van der Waals surface area contributed by atoms with Crippen molar-refractivity contribution in [2.24, 2.45) is 5.73 Å². The van der Waals surface area contributed by atoms with E-state index in [-0.39, 0.29) is 5.56 Å². The summed E-state index contributed by atoms with van der Waals surface area (Å²) in [5.41, 5.74) is 7.39.